The molecule has 0 radical (unpaired) electrons. The second-order valence-corrected chi connectivity index (χ2v) is 2.76. The van der Waals surface area contributed by atoms with Crippen molar-refractivity contribution >= 4 is 5.82 Å². The van der Waals surface area contributed by atoms with Crippen molar-refractivity contribution in [2.24, 2.45) is 0 Å². The largest absolute Gasteiger partial charge is 0.384 e. The van der Waals surface area contributed by atoms with Crippen LogP contribution in [0.5, 0.6) is 0 Å². The van der Waals surface area contributed by atoms with E-state index in [9.17, 15) is 8.78 Å². The third-order valence-electron chi connectivity index (χ3n) is 1.81. The molecule has 0 spiro atoms. The number of nitrogens with zero attached hydrogens (tertiary/aromatic N) is 2. The minimum absolute atomic E-state index is 0.133. The van der Waals surface area contributed by atoms with Crippen molar-refractivity contribution in [3.8, 4) is 5.69 Å². The van der Waals surface area contributed by atoms with Crippen LogP contribution in [-0.4, -0.2) is 9.78 Å². The number of hydrogen-bond acceptors (Lipinski definition) is 2. The fraction of sp³-hybridized carbons (Fsp3) is 0. The number of aromatic nitrogens is 2. The van der Waals surface area contributed by atoms with E-state index < -0.39 is 11.6 Å². The molecular weight excluding hydrogens is 188 g/mol. The van der Waals surface area contributed by atoms with E-state index in [-0.39, 0.29) is 5.69 Å². The van der Waals surface area contributed by atoms with Crippen molar-refractivity contribution < 1.29 is 8.78 Å². The van der Waals surface area contributed by atoms with E-state index in [2.05, 4.69) is 5.10 Å². The number of hydrogen-bond donors (Lipinski definition) is 1. The Balaban J connectivity index is 2.58. The highest BCUT2D eigenvalue weighted by Crippen LogP contribution is 2.16. The van der Waals surface area contributed by atoms with Crippen molar-refractivity contribution in [2.45, 2.75) is 0 Å². The number of halogens is 2. The van der Waals surface area contributed by atoms with Crippen molar-refractivity contribution in [3.63, 3.8) is 0 Å². The third kappa shape index (κ3) is 1.32. The lowest BCUT2D eigenvalue weighted by Crippen LogP contribution is -2.04. The van der Waals surface area contributed by atoms with Gasteiger partial charge in [-0.05, 0) is 12.1 Å². The minimum atomic E-state index is -0.694. The lowest BCUT2D eigenvalue weighted by molar-refractivity contribution is 0.574. The van der Waals surface area contributed by atoms with Gasteiger partial charge in [0.15, 0.2) is 5.82 Å². The van der Waals surface area contributed by atoms with Crippen LogP contribution in [0.25, 0.3) is 5.69 Å². The molecule has 14 heavy (non-hydrogen) atoms. The molecule has 0 aliphatic heterocycles. The summed E-state index contributed by atoms with van der Waals surface area (Å²) < 4.78 is 27.0. The van der Waals surface area contributed by atoms with Gasteiger partial charge in [0, 0.05) is 12.1 Å². The van der Waals surface area contributed by atoms with E-state index >= 15 is 0 Å². The second kappa shape index (κ2) is 3.10. The van der Waals surface area contributed by atoms with Crippen LogP contribution in [0.4, 0.5) is 14.6 Å². The molecule has 72 valence electrons. The van der Waals surface area contributed by atoms with Gasteiger partial charge >= 0.3 is 0 Å². The Kier molecular flexibility index (Phi) is 1.92. The summed E-state index contributed by atoms with van der Waals surface area (Å²) in [7, 11) is 0. The molecule has 0 aliphatic rings. The highest BCUT2D eigenvalue weighted by Gasteiger charge is 2.08. The second-order valence-electron chi connectivity index (χ2n) is 2.76. The van der Waals surface area contributed by atoms with E-state index in [4.69, 9.17) is 5.73 Å². The minimum Gasteiger partial charge on any atom is -0.384 e. The van der Waals surface area contributed by atoms with E-state index in [1.165, 1.54) is 23.0 Å². The SMILES string of the molecule is Nc1ccnn1-c1ccc(F)cc1F. The zero-order chi connectivity index (χ0) is 10.1. The summed E-state index contributed by atoms with van der Waals surface area (Å²) >= 11 is 0. The number of nitrogens with two attached hydrogens (primary N) is 1. The first-order valence-electron chi connectivity index (χ1n) is 3.93. The normalized spacial score (nSPS) is 10.4. The number of benzene rings is 1. The topological polar surface area (TPSA) is 43.8 Å². The van der Waals surface area contributed by atoms with Gasteiger partial charge in [0.2, 0.25) is 0 Å². The van der Waals surface area contributed by atoms with Gasteiger partial charge in [0.05, 0.1) is 6.20 Å². The van der Waals surface area contributed by atoms with Crippen LogP contribution in [0.1, 0.15) is 0 Å². The van der Waals surface area contributed by atoms with Crippen LogP contribution >= 0.6 is 0 Å². The summed E-state index contributed by atoms with van der Waals surface area (Å²) in [4.78, 5) is 0. The molecular formula is C9H7F2N3. The molecule has 1 aromatic carbocycles. The fourth-order valence-electron chi connectivity index (χ4n) is 1.17. The van der Waals surface area contributed by atoms with Crippen LogP contribution in [0.3, 0.4) is 0 Å². The first-order valence-corrected chi connectivity index (χ1v) is 3.93. The summed E-state index contributed by atoms with van der Waals surface area (Å²) in [5, 5.41) is 3.81. The van der Waals surface area contributed by atoms with Gasteiger partial charge in [-0.3, -0.25) is 0 Å². The molecule has 1 heterocycles. The molecule has 0 amide bonds. The molecule has 0 fully saturated rings. The quantitative estimate of drug-likeness (QED) is 0.753. The predicted octanol–water partition coefficient (Wildman–Crippen LogP) is 1.73. The van der Waals surface area contributed by atoms with Crippen molar-refractivity contribution in [1.29, 1.82) is 0 Å². The molecule has 0 saturated carbocycles. The zero-order valence-corrected chi connectivity index (χ0v) is 7.11. The Morgan fingerprint density at radius 3 is 2.57 bits per heavy atom. The Morgan fingerprint density at radius 1 is 1.21 bits per heavy atom. The predicted molar refractivity (Wildman–Crippen MR) is 47.9 cm³/mol. The van der Waals surface area contributed by atoms with Gasteiger partial charge in [0.1, 0.15) is 17.3 Å². The van der Waals surface area contributed by atoms with Crippen LogP contribution in [0, 0.1) is 11.6 Å². The average Bonchev–Trinajstić information content (AvgIpc) is 2.52. The molecule has 5 heteroatoms. The lowest BCUT2D eigenvalue weighted by Gasteiger charge is -2.04. The maximum Gasteiger partial charge on any atom is 0.151 e. The first kappa shape index (κ1) is 8.68. The Labute approximate surface area is 78.8 Å². The fourth-order valence-corrected chi connectivity index (χ4v) is 1.17. The molecule has 2 aromatic rings. The van der Waals surface area contributed by atoms with E-state index in [1.54, 1.807) is 0 Å². The smallest absolute Gasteiger partial charge is 0.151 e. The zero-order valence-electron chi connectivity index (χ0n) is 7.11. The summed E-state index contributed by atoms with van der Waals surface area (Å²) in [5.74, 6) is -1.02. The monoisotopic (exact) mass is 195 g/mol. The summed E-state index contributed by atoms with van der Waals surface area (Å²) in [6, 6.07) is 4.76. The van der Waals surface area contributed by atoms with Crippen molar-refractivity contribution in [2.75, 3.05) is 5.73 Å². The van der Waals surface area contributed by atoms with Crippen molar-refractivity contribution in [1.82, 2.24) is 9.78 Å². The van der Waals surface area contributed by atoms with E-state index in [0.717, 1.165) is 12.1 Å². The van der Waals surface area contributed by atoms with Crippen LogP contribution < -0.4 is 5.73 Å². The van der Waals surface area contributed by atoms with Crippen LogP contribution in [0.2, 0.25) is 0 Å². The standard InChI is InChI=1S/C9H7F2N3/c10-6-1-2-8(7(11)5-6)14-9(12)3-4-13-14/h1-5H,12H2. The molecule has 2 rings (SSSR count). The van der Waals surface area contributed by atoms with E-state index in [0.29, 0.717) is 5.82 Å². The Hall–Kier alpha value is -1.91. The van der Waals surface area contributed by atoms with Gasteiger partial charge < -0.3 is 5.73 Å². The summed E-state index contributed by atoms with van der Waals surface area (Å²) in [6.45, 7) is 0. The first-order chi connectivity index (χ1) is 6.68. The molecule has 1 aromatic heterocycles. The van der Waals surface area contributed by atoms with Gasteiger partial charge in [-0.1, -0.05) is 0 Å². The van der Waals surface area contributed by atoms with Gasteiger partial charge in [-0.2, -0.15) is 5.10 Å². The lowest BCUT2D eigenvalue weighted by atomic mass is 10.3. The molecule has 0 atom stereocenters. The van der Waals surface area contributed by atoms with Gasteiger partial charge in [-0.15, -0.1) is 0 Å². The maximum atomic E-state index is 13.2. The highest BCUT2D eigenvalue weighted by molar-refractivity contribution is 5.41. The summed E-state index contributed by atoms with van der Waals surface area (Å²) in [5.41, 5.74) is 5.65. The number of anilines is 1. The maximum absolute atomic E-state index is 13.2. The van der Waals surface area contributed by atoms with Gasteiger partial charge in [-0.25, -0.2) is 13.5 Å². The summed E-state index contributed by atoms with van der Waals surface area (Å²) in [6.07, 6.45) is 1.44. The molecule has 0 aliphatic carbocycles. The Morgan fingerprint density at radius 2 is 2.00 bits per heavy atom. The van der Waals surface area contributed by atoms with Gasteiger partial charge in [0.25, 0.3) is 0 Å². The molecule has 0 saturated heterocycles. The third-order valence-corrected chi connectivity index (χ3v) is 1.81. The number of nitrogen functional groups attached to an aromatic ring is 1. The van der Waals surface area contributed by atoms with Crippen molar-refractivity contribution in [3.05, 3.63) is 42.1 Å². The van der Waals surface area contributed by atoms with E-state index in [1.807, 2.05) is 0 Å². The molecule has 0 bridgehead atoms. The Bertz CT molecular complexity index is 465. The highest BCUT2D eigenvalue weighted by atomic mass is 19.1. The number of rotatable bonds is 1. The molecule has 2 N–H and O–H groups in total. The molecule has 0 unspecified atom stereocenters. The van der Waals surface area contributed by atoms with Crippen LogP contribution in [-0.2, 0) is 0 Å². The average molecular weight is 195 g/mol. The van der Waals surface area contributed by atoms with Crippen LogP contribution in [0.15, 0.2) is 30.5 Å². The molecule has 3 nitrogen and oxygen atoms in total.